The molecule has 0 saturated heterocycles. The van der Waals surface area contributed by atoms with Crippen LogP contribution in [0.1, 0.15) is 15.9 Å². The first-order valence-electron chi connectivity index (χ1n) is 9.81. The molecule has 0 spiro atoms. The molecule has 1 heterocycles. The lowest BCUT2D eigenvalue weighted by molar-refractivity contribution is 0.104. The van der Waals surface area contributed by atoms with Gasteiger partial charge in [0.1, 0.15) is 16.6 Å². The first kappa shape index (κ1) is 22.4. The zero-order chi connectivity index (χ0) is 23.5. The van der Waals surface area contributed by atoms with Gasteiger partial charge in [0.15, 0.2) is 17.3 Å². The van der Waals surface area contributed by atoms with E-state index in [1.165, 1.54) is 50.9 Å². The summed E-state index contributed by atoms with van der Waals surface area (Å²) in [6, 6.07) is 12.0. The van der Waals surface area contributed by atoms with Crippen LogP contribution < -0.4 is 14.2 Å². The van der Waals surface area contributed by atoms with Crippen molar-refractivity contribution in [3.8, 4) is 27.8 Å². The Morgan fingerprint density at radius 1 is 0.909 bits per heavy atom. The molecule has 0 aliphatic carbocycles. The average molecular weight is 467 g/mol. The average Bonchev–Trinajstić information content (AvgIpc) is 3.24. The van der Waals surface area contributed by atoms with Crippen LogP contribution in [-0.2, 0) is 0 Å². The first-order chi connectivity index (χ1) is 15.9. The number of aromatic nitrogens is 1. The fourth-order valence-corrected chi connectivity index (χ4v) is 4.34. The minimum atomic E-state index is -0.654. The smallest absolute Gasteiger partial charge is 0.203 e. The van der Waals surface area contributed by atoms with E-state index in [0.717, 1.165) is 16.3 Å². The number of nitrogens with zero attached hydrogens (tertiary/aromatic N) is 1. The Hall–Kier alpha value is -3.78. The number of thiazole rings is 1. The predicted molar refractivity (Wildman–Crippen MR) is 124 cm³/mol. The highest BCUT2D eigenvalue weighted by Gasteiger charge is 2.16. The number of benzene rings is 3. The van der Waals surface area contributed by atoms with Crippen molar-refractivity contribution in [1.29, 1.82) is 0 Å². The molecule has 3 aromatic carbocycles. The van der Waals surface area contributed by atoms with Crippen molar-refractivity contribution >= 4 is 33.4 Å². The van der Waals surface area contributed by atoms with E-state index in [0.29, 0.717) is 38.9 Å². The maximum atomic E-state index is 13.6. The van der Waals surface area contributed by atoms with E-state index in [9.17, 15) is 13.6 Å². The van der Waals surface area contributed by atoms with Crippen LogP contribution in [0.2, 0.25) is 0 Å². The summed E-state index contributed by atoms with van der Waals surface area (Å²) in [6.45, 7) is 0. The lowest BCUT2D eigenvalue weighted by Crippen LogP contribution is -2.00. The highest BCUT2D eigenvalue weighted by Crippen LogP contribution is 2.38. The summed E-state index contributed by atoms with van der Waals surface area (Å²) in [5.74, 6) is -0.363. The van der Waals surface area contributed by atoms with Crippen LogP contribution in [0, 0.1) is 11.6 Å². The van der Waals surface area contributed by atoms with Crippen molar-refractivity contribution in [3.05, 3.63) is 77.4 Å². The van der Waals surface area contributed by atoms with Crippen LogP contribution in [0.4, 0.5) is 8.78 Å². The maximum Gasteiger partial charge on any atom is 0.203 e. The maximum absolute atomic E-state index is 13.6. The Morgan fingerprint density at radius 2 is 1.58 bits per heavy atom. The molecule has 0 unspecified atom stereocenters. The summed E-state index contributed by atoms with van der Waals surface area (Å²) in [7, 11) is 4.46. The number of carbonyl (C=O) groups excluding carboxylic acids is 1. The highest BCUT2D eigenvalue weighted by molar-refractivity contribution is 7.21. The highest BCUT2D eigenvalue weighted by atomic mass is 32.1. The summed E-state index contributed by atoms with van der Waals surface area (Å²) in [5, 5.41) is 0.512. The molecule has 0 saturated carbocycles. The van der Waals surface area contributed by atoms with E-state index in [-0.39, 0.29) is 5.78 Å². The molecule has 0 bridgehead atoms. The van der Waals surface area contributed by atoms with Gasteiger partial charge < -0.3 is 14.2 Å². The van der Waals surface area contributed by atoms with Gasteiger partial charge >= 0.3 is 0 Å². The second kappa shape index (κ2) is 9.38. The van der Waals surface area contributed by atoms with Crippen molar-refractivity contribution in [2.24, 2.45) is 0 Å². The zero-order valence-electron chi connectivity index (χ0n) is 18.0. The molecule has 168 valence electrons. The third-order valence-electron chi connectivity index (χ3n) is 4.90. The van der Waals surface area contributed by atoms with Gasteiger partial charge in [0.05, 0.1) is 31.5 Å². The van der Waals surface area contributed by atoms with Crippen molar-refractivity contribution in [2.45, 2.75) is 0 Å². The van der Waals surface area contributed by atoms with Crippen LogP contribution in [0.3, 0.4) is 0 Å². The van der Waals surface area contributed by atoms with E-state index in [1.807, 2.05) is 12.1 Å². The van der Waals surface area contributed by atoms with Gasteiger partial charge in [-0.2, -0.15) is 0 Å². The van der Waals surface area contributed by atoms with E-state index >= 15 is 0 Å². The summed E-state index contributed by atoms with van der Waals surface area (Å²) >= 11 is 1.32. The molecular weight excluding hydrogens is 448 g/mol. The number of hydrogen-bond acceptors (Lipinski definition) is 6. The minimum Gasteiger partial charge on any atom is -0.493 e. The van der Waals surface area contributed by atoms with E-state index in [1.54, 1.807) is 24.3 Å². The van der Waals surface area contributed by atoms with E-state index < -0.39 is 11.6 Å². The minimum absolute atomic E-state index is 0.241. The topological polar surface area (TPSA) is 57.7 Å². The molecule has 0 fully saturated rings. The fourth-order valence-electron chi connectivity index (χ4n) is 3.34. The van der Waals surface area contributed by atoms with Crippen LogP contribution >= 0.6 is 11.3 Å². The molecule has 1 aromatic heterocycles. The summed E-state index contributed by atoms with van der Waals surface area (Å²) in [4.78, 5) is 17.2. The largest absolute Gasteiger partial charge is 0.493 e. The molecule has 0 aliphatic heterocycles. The Bertz CT molecular complexity index is 1340. The Morgan fingerprint density at radius 3 is 2.18 bits per heavy atom. The second-order valence-corrected chi connectivity index (χ2v) is 8.05. The standard InChI is InChI=1S/C25H19F2NO4S/c1-30-21-11-15(12-22(31-2)24(21)32-3)20(29)7-5-14-4-6-19-23(8-14)33-25(28-19)16-9-17(26)13-18(27)10-16/h4-13H,1-3H3/b7-5+. The summed E-state index contributed by atoms with van der Waals surface area (Å²) in [6.07, 6.45) is 3.14. The zero-order valence-corrected chi connectivity index (χ0v) is 18.8. The number of methoxy groups -OCH3 is 3. The van der Waals surface area contributed by atoms with Gasteiger partial charge in [0.25, 0.3) is 0 Å². The van der Waals surface area contributed by atoms with Crippen molar-refractivity contribution in [3.63, 3.8) is 0 Å². The molecule has 0 N–H and O–H groups in total. The van der Waals surface area contributed by atoms with Gasteiger partial charge in [0, 0.05) is 17.2 Å². The number of allylic oxidation sites excluding steroid dienone is 1. The SMILES string of the molecule is COc1cc(C(=O)/C=C/c2ccc3nc(-c4cc(F)cc(F)c4)sc3c2)cc(OC)c1OC. The number of carbonyl (C=O) groups is 1. The number of ether oxygens (including phenoxy) is 3. The third-order valence-corrected chi connectivity index (χ3v) is 5.97. The number of rotatable bonds is 7. The van der Waals surface area contributed by atoms with Crippen LogP contribution in [-0.4, -0.2) is 32.1 Å². The Labute approximate surface area is 192 Å². The second-order valence-electron chi connectivity index (χ2n) is 7.02. The van der Waals surface area contributed by atoms with Crippen LogP contribution in [0.5, 0.6) is 17.2 Å². The Balaban J connectivity index is 1.61. The van der Waals surface area contributed by atoms with Gasteiger partial charge in [-0.15, -0.1) is 11.3 Å². The molecule has 0 aliphatic rings. The molecule has 0 atom stereocenters. The van der Waals surface area contributed by atoms with Crippen molar-refractivity contribution < 1.29 is 27.8 Å². The quantitative estimate of drug-likeness (QED) is 0.241. The van der Waals surface area contributed by atoms with E-state index in [4.69, 9.17) is 14.2 Å². The number of fused-ring (bicyclic) bond motifs is 1. The van der Waals surface area contributed by atoms with Gasteiger partial charge in [0.2, 0.25) is 5.75 Å². The van der Waals surface area contributed by atoms with Gasteiger partial charge in [-0.1, -0.05) is 12.1 Å². The molecule has 4 rings (SSSR count). The molecule has 0 amide bonds. The van der Waals surface area contributed by atoms with Crippen LogP contribution in [0.15, 0.2) is 54.6 Å². The summed E-state index contributed by atoms with van der Waals surface area (Å²) < 4.78 is 43.8. The first-order valence-corrected chi connectivity index (χ1v) is 10.6. The molecule has 4 aromatic rings. The number of hydrogen-bond donors (Lipinski definition) is 0. The van der Waals surface area contributed by atoms with Crippen LogP contribution in [0.25, 0.3) is 26.9 Å². The third kappa shape index (κ3) is 4.70. The number of ketones is 1. The van der Waals surface area contributed by atoms with Crippen molar-refractivity contribution in [2.75, 3.05) is 21.3 Å². The summed E-state index contributed by atoms with van der Waals surface area (Å²) in [5.41, 5.74) is 2.25. The molecule has 5 nitrogen and oxygen atoms in total. The molecular formula is C25H19F2NO4S. The molecule has 33 heavy (non-hydrogen) atoms. The molecule has 0 radical (unpaired) electrons. The number of halogens is 2. The van der Waals surface area contributed by atoms with Gasteiger partial charge in [-0.05, 0) is 48.0 Å². The lowest BCUT2D eigenvalue weighted by Gasteiger charge is -2.13. The van der Waals surface area contributed by atoms with Gasteiger partial charge in [-0.25, -0.2) is 13.8 Å². The normalized spacial score (nSPS) is 11.2. The predicted octanol–water partition coefficient (Wildman–Crippen LogP) is 6.16. The monoisotopic (exact) mass is 467 g/mol. The lowest BCUT2D eigenvalue weighted by atomic mass is 10.1. The Kier molecular flexibility index (Phi) is 6.37. The van der Waals surface area contributed by atoms with Crippen molar-refractivity contribution in [1.82, 2.24) is 4.98 Å². The molecule has 8 heteroatoms. The fraction of sp³-hybridized carbons (Fsp3) is 0.120. The van der Waals surface area contributed by atoms with Gasteiger partial charge in [-0.3, -0.25) is 4.79 Å². The van der Waals surface area contributed by atoms with E-state index in [2.05, 4.69) is 4.98 Å².